The van der Waals surface area contributed by atoms with Gasteiger partial charge in [-0.15, -0.1) is 0 Å². The number of piperidine rings is 2. The molecule has 2 aromatic rings. The molecule has 13 heteroatoms. The number of nitrogens with zero attached hydrogens (tertiary/aromatic N) is 4. The van der Waals surface area contributed by atoms with Gasteiger partial charge in [0, 0.05) is 37.9 Å². The molecule has 1 aromatic carbocycles. The van der Waals surface area contributed by atoms with Gasteiger partial charge < -0.3 is 10.2 Å². The number of nitrogens with one attached hydrogen (secondary N) is 1. The zero-order valence-corrected chi connectivity index (χ0v) is 19.7. The molecule has 2 fully saturated rings. The smallest absolute Gasteiger partial charge is 0.245 e. The second kappa shape index (κ2) is 9.41. The maximum atomic E-state index is 14.5. The maximum Gasteiger partial charge on any atom is 0.245 e. The summed E-state index contributed by atoms with van der Waals surface area (Å²) >= 11 is 5.75. The van der Waals surface area contributed by atoms with Crippen LogP contribution in [0, 0.1) is 11.6 Å². The highest BCUT2D eigenvalue weighted by molar-refractivity contribution is 7.90. The Balaban J connectivity index is 1.45. The monoisotopic (exact) mass is 513 g/mol. The first-order chi connectivity index (χ1) is 16.0. The van der Waals surface area contributed by atoms with Crippen LogP contribution in [0.15, 0.2) is 29.4 Å². The van der Waals surface area contributed by atoms with E-state index in [1.807, 2.05) is 0 Å². The minimum Gasteiger partial charge on any atom is -0.371 e. The topological polar surface area (TPSA) is 113 Å². The largest absolute Gasteiger partial charge is 0.371 e. The molecule has 2 amide bonds. The fourth-order valence-electron chi connectivity index (χ4n) is 4.28. The molecule has 1 N–H and O–H groups in total. The van der Waals surface area contributed by atoms with Gasteiger partial charge in [-0.1, -0.05) is 11.6 Å². The summed E-state index contributed by atoms with van der Waals surface area (Å²) in [4.78, 5) is 36.3. The van der Waals surface area contributed by atoms with Crippen LogP contribution in [-0.4, -0.2) is 66.5 Å². The van der Waals surface area contributed by atoms with Crippen LogP contribution in [0.3, 0.4) is 0 Å². The number of halogens is 3. The Morgan fingerprint density at radius 1 is 1.09 bits per heavy atom. The van der Waals surface area contributed by atoms with Gasteiger partial charge in [0.1, 0.15) is 27.7 Å². The quantitative estimate of drug-likeness (QED) is 0.653. The van der Waals surface area contributed by atoms with Crippen molar-refractivity contribution in [2.45, 2.75) is 42.7 Å². The molecule has 0 aliphatic carbocycles. The number of benzene rings is 1. The number of hydrogen-bond donors (Lipinski definition) is 1. The molecule has 1 unspecified atom stereocenters. The molecule has 182 valence electrons. The molecule has 34 heavy (non-hydrogen) atoms. The highest BCUT2D eigenvalue weighted by Gasteiger charge is 2.38. The number of anilines is 2. The summed E-state index contributed by atoms with van der Waals surface area (Å²) in [5.74, 6) is -2.22. The van der Waals surface area contributed by atoms with Gasteiger partial charge in [0.05, 0.1) is 18.1 Å². The summed E-state index contributed by atoms with van der Waals surface area (Å²) in [6.07, 6.45) is 5.14. The molecule has 3 heterocycles. The van der Waals surface area contributed by atoms with Crippen LogP contribution < -0.4 is 10.2 Å². The minimum absolute atomic E-state index is 0.0921. The van der Waals surface area contributed by atoms with Crippen LogP contribution in [0.4, 0.5) is 20.3 Å². The number of sulfone groups is 1. The summed E-state index contributed by atoms with van der Waals surface area (Å²) in [6, 6.07) is 0.177. The molecule has 0 bridgehead atoms. The predicted octanol–water partition coefficient (Wildman–Crippen LogP) is 2.41. The number of aromatic nitrogens is 2. The summed E-state index contributed by atoms with van der Waals surface area (Å²) in [6.45, 7) is 0.786. The van der Waals surface area contributed by atoms with Gasteiger partial charge in [-0.05, 0) is 25.3 Å². The predicted molar refractivity (Wildman–Crippen MR) is 120 cm³/mol. The van der Waals surface area contributed by atoms with Crippen molar-refractivity contribution in [3.63, 3.8) is 0 Å². The minimum atomic E-state index is -3.94. The second-order valence-electron chi connectivity index (χ2n) is 8.29. The molecule has 2 aliphatic rings. The van der Waals surface area contributed by atoms with Gasteiger partial charge in [-0.25, -0.2) is 27.2 Å². The zero-order valence-electron chi connectivity index (χ0n) is 18.2. The van der Waals surface area contributed by atoms with E-state index in [4.69, 9.17) is 11.6 Å². The second-order valence-corrected chi connectivity index (χ2v) is 10.7. The van der Waals surface area contributed by atoms with Crippen LogP contribution in [0.1, 0.15) is 25.7 Å². The summed E-state index contributed by atoms with van der Waals surface area (Å²) in [5.41, 5.74) is -0.294. The van der Waals surface area contributed by atoms with Crippen LogP contribution in [-0.2, 0) is 19.4 Å². The number of likely N-dealkylation sites (tertiary alicyclic amines) is 1. The van der Waals surface area contributed by atoms with Crippen LogP contribution in [0.25, 0.3) is 0 Å². The summed E-state index contributed by atoms with van der Waals surface area (Å²) < 4.78 is 51.9. The molecule has 9 nitrogen and oxygen atoms in total. The van der Waals surface area contributed by atoms with Gasteiger partial charge in [0.15, 0.2) is 15.7 Å². The van der Waals surface area contributed by atoms with Crippen molar-refractivity contribution in [1.29, 1.82) is 0 Å². The Hall–Kier alpha value is -2.86. The van der Waals surface area contributed by atoms with Crippen molar-refractivity contribution in [3.05, 3.63) is 41.3 Å². The molecule has 1 aromatic heterocycles. The van der Waals surface area contributed by atoms with E-state index in [9.17, 15) is 26.8 Å². The van der Waals surface area contributed by atoms with Gasteiger partial charge in [0.25, 0.3) is 0 Å². The standard InChI is InChI=1S/C21H22ClF2N5O4S/c1-34(32,33)17-9-13(23)16(8-14(17)24)27-15-3-2-5-28(21(15)31)12-4-6-29(20(30)7-12)19-11-25-18(22)10-26-19/h8-12,15,27H,2-7H2,1H3/t12-,15?/m0/s1. The molecule has 2 saturated heterocycles. The Kier molecular flexibility index (Phi) is 6.72. The van der Waals surface area contributed by atoms with Crippen molar-refractivity contribution in [2.75, 3.05) is 29.6 Å². The third kappa shape index (κ3) is 4.97. The number of carbonyl (C=O) groups excluding carboxylic acids is 2. The highest BCUT2D eigenvalue weighted by atomic mass is 35.5. The average molecular weight is 514 g/mol. The van der Waals surface area contributed by atoms with Crippen LogP contribution >= 0.6 is 11.6 Å². The van der Waals surface area contributed by atoms with Crippen molar-refractivity contribution < 1.29 is 26.8 Å². The fraction of sp³-hybridized carbons (Fsp3) is 0.429. The van der Waals surface area contributed by atoms with Crippen LogP contribution in [0.2, 0.25) is 5.15 Å². The normalized spacial score (nSPS) is 21.6. The molecule has 0 radical (unpaired) electrons. The lowest BCUT2D eigenvalue weighted by atomic mass is 9.96. The van der Waals surface area contributed by atoms with Crippen molar-refractivity contribution in [1.82, 2.24) is 14.9 Å². The van der Waals surface area contributed by atoms with Gasteiger partial charge in [-0.3, -0.25) is 14.5 Å². The fourth-order valence-corrected chi connectivity index (χ4v) is 5.11. The van der Waals surface area contributed by atoms with Crippen molar-refractivity contribution >= 4 is 44.8 Å². The number of rotatable bonds is 5. The van der Waals surface area contributed by atoms with Crippen molar-refractivity contribution in [2.24, 2.45) is 0 Å². The van der Waals surface area contributed by atoms with E-state index in [1.165, 1.54) is 17.3 Å². The Bertz CT molecular complexity index is 1230. The third-order valence-electron chi connectivity index (χ3n) is 5.95. The first kappa shape index (κ1) is 24.3. The first-order valence-corrected chi connectivity index (χ1v) is 12.9. The number of amides is 2. The van der Waals surface area contributed by atoms with E-state index in [1.54, 1.807) is 4.90 Å². The Morgan fingerprint density at radius 2 is 1.85 bits per heavy atom. The van der Waals surface area contributed by atoms with E-state index in [0.29, 0.717) is 44.2 Å². The lowest BCUT2D eigenvalue weighted by molar-refractivity contribution is -0.138. The highest BCUT2D eigenvalue weighted by Crippen LogP contribution is 2.28. The molecular weight excluding hydrogens is 492 g/mol. The van der Waals surface area contributed by atoms with E-state index in [2.05, 4.69) is 15.3 Å². The maximum absolute atomic E-state index is 14.5. The third-order valence-corrected chi connectivity index (χ3v) is 7.25. The molecule has 4 rings (SSSR count). The summed E-state index contributed by atoms with van der Waals surface area (Å²) in [5, 5.41) is 2.93. The Labute approximate surface area is 200 Å². The molecule has 0 saturated carbocycles. The van der Waals surface area contributed by atoms with E-state index in [-0.39, 0.29) is 35.1 Å². The molecule has 2 atom stereocenters. The van der Waals surface area contributed by atoms with Gasteiger partial charge >= 0.3 is 0 Å². The average Bonchev–Trinajstić information content (AvgIpc) is 2.77. The van der Waals surface area contributed by atoms with Gasteiger partial charge in [-0.2, -0.15) is 0 Å². The Morgan fingerprint density at radius 3 is 2.50 bits per heavy atom. The number of hydrogen-bond acceptors (Lipinski definition) is 7. The molecular formula is C21H22ClF2N5O4S. The van der Waals surface area contributed by atoms with E-state index in [0.717, 1.165) is 12.3 Å². The zero-order chi connectivity index (χ0) is 24.6. The SMILES string of the molecule is CS(=O)(=O)c1cc(F)c(NC2CCCN([C@H]3CCN(c4cnc(Cl)cn4)C(=O)C3)C2=O)cc1F. The van der Waals surface area contributed by atoms with E-state index < -0.39 is 32.4 Å². The first-order valence-electron chi connectivity index (χ1n) is 10.6. The van der Waals surface area contributed by atoms with Crippen molar-refractivity contribution in [3.8, 4) is 0 Å². The molecule has 2 aliphatic heterocycles. The molecule has 0 spiro atoms. The van der Waals surface area contributed by atoms with Crippen LogP contribution in [0.5, 0.6) is 0 Å². The number of carbonyl (C=O) groups is 2. The lowest BCUT2D eigenvalue weighted by Crippen LogP contribution is -2.56. The van der Waals surface area contributed by atoms with E-state index >= 15 is 0 Å². The van der Waals surface area contributed by atoms with Gasteiger partial charge in [0.2, 0.25) is 11.8 Å². The summed E-state index contributed by atoms with van der Waals surface area (Å²) in [7, 11) is -3.94. The lowest BCUT2D eigenvalue weighted by Gasteiger charge is -2.41.